The van der Waals surface area contributed by atoms with Gasteiger partial charge < -0.3 is 25.3 Å². The van der Waals surface area contributed by atoms with E-state index in [0.717, 1.165) is 11.6 Å². The van der Waals surface area contributed by atoms with E-state index in [1.54, 1.807) is 20.3 Å². The highest BCUT2D eigenvalue weighted by atomic mass is 19.3. The molecule has 0 bridgehead atoms. The number of hydrogen-bond acceptors (Lipinski definition) is 4. The Morgan fingerprint density at radius 3 is 2.54 bits per heavy atom. The molecule has 0 radical (unpaired) electrons. The second-order valence-electron chi connectivity index (χ2n) is 5.66. The molecule has 0 aromatic heterocycles. The topological polar surface area (TPSA) is 78.1 Å². The molecule has 0 aliphatic heterocycles. The Hall–Kier alpha value is -3.10. The van der Waals surface area contributed by atoms with Gasteiger partial charge in [0.1, 0.15) is 11.6 Å². The van der Waals surface area contributed by atoms with Crippen molar-refractivity contribution in [1.82, 2.24) is 5.32 Å². The summed E-state index contributed by atoms with van der Waals surface area (Å²) in [7, 11) is 3.11. The quantitative estimate of drug-likeness (QED) is 0.502. The van der Waals surface area contributed by atoms with Crippen molar-refractivity contribution >= 4 is 5.96 Å². The maximum Gasteiger partial charge on any atom is 0.387 e. The number of nitrogens with one attached hydrogen (secondary N) is 1. The second-order valence-corrected chi connectivity index (χ2v) is 5.66. The number of halogens is 3. The van der Waals surface area contributed by atoms with Crippen molar-refractivity contribution in [1.29, 1.82) is 0 Å². The number of benzene rings is 2. The van der Waals surface area contributed by atoms with Crippen LogP contribution in [0, 0.1) is 5.82 Å². The number of guanidine groups is 1. The van der Waals surface area contributed by atoms with Crippen molar-refractivity contribution in [3.05, 3.63) is 53.3 Å². The number of ether oxygens (including phenoxy) is 3. The first kappa shape index (κ1) is 21.2. The molecule has 0 amide bonds. The van der Waals surface area contributed by atoms with Crippen LogP contribution in [0.2, 0.25) is 0 Å². The summed E-state index contributed by atoms with van der Waals surface area (Å²) in [5, 5.41) is 2.89. The molecule has 9 heteroatoms. The van der Waals surface area contributed by atoms with Gasteiger partial charge in [-0.05, 0) is 36.2 Å². The Morgan fingerprint density at radius 1 is 1.11 bits per heavy atom. The molecule has 0 saturated heterocycles. The van der Waals surface area contributed by atoms with Crippen LogP contribution < -0.4 is 25.3 Å². The van der Waals surface area contributed by atoms with Gasteiger partial charge in [0.15, 0.2) is 17.5 Å². The zero-order valence-electron chi connectivity index (χ0n) is 15.5. The lowest BCUT2D eigenvalue weighted by Crippen LogP contribution is -2.33. The highest BCUT2D eigenvalue weighted by Crippen LogP contribution is 2.27. The molecule has 0 spiro atoms. The molecule has 3 N–H and O–H groups in total. The predicted molar refractivity (Wildman–Crippen MR) is 99.6 cm³/mol. The summed E-state index contributed by atoms with van der Waals surface area (Å²) < 4.78 is 53.5. The lowest BCUT2D eigenvalue weighted by Gasteiger charge is -2.11. The molecular weight excluding hydrogens is 375 g/mol. The SMILES string of the molecule is COc1ccc(CCNC(N)=NCc2c(F)cccc2OC(F)F)cc1OC. The first-order valence-electron chi connectivity index (χ1n) is 8.41. The van der Waals surface area contributed by atoms with Gasteiger partial charge in [-0.1, -0.05) is 12.1 Å². The third kappa shape index (κ3) is 5.97. The largest absolute Gasteiger partial charge is 0.493 e. The summed E-state index contributed by atoms with van der Waals surface area (Å²) in [4.78, 5) is 3.99. The molecule has 152 valence electrons. The molecule has 0 atom stereocenters. The first-order chi connectivity index (χ1) is 13.4. The number of alkyl halides is 2. The highest BCUT2D eigenvalue weighted by Gasteiger charge is 2.13. The number of methoxy groups -OCH3 is 2. The zero-order valence-corrected chi connectivity index (χ0v) is 15.5. The van der Waals surface area contributed by atoms with Crippen LogP contribution in [0.15, 0.2) is 41.4 Å². The van der Waals surface area contributed by atoms with Crippen LogP contribution in [-0.2, 0) is 13.0 Å². The third-order valence-electron chi connectivity index (χ3n) is 3.87. The summed E-state index contributed by atoms with van der Waals surface area (Å²) in [6.45, 7) is -2.83. The fourth-order valence-electron chi connectivity index (χ4n) is 2.49. The summed E-state index contributed by atoms with van der Waals surface area (Å²) in [6.07, 6.45) is 0.621. The highest BCUT2D eigenvalue weighted by molar-refractivity contribution is 5.77. The molecule has 28 heavy (non-hydrogen) atoms. The molecule has 0 aliphatic rings. The lowest BCUT2D eigenvalue weighted by molar-refractivity contribution is -0.0506. The lowest BCUT2D eigenvalue weighted by atomic mass is 10.1. The number of hydrogen-bond donors (Lipinski definition) is 2. The minimum absolute atomic E-state index is 0.0618. The van der Waals surface area contributed by atoms with Crippen molar-refractivity contribution in [2.45, 2.75) is 19.6 Å². The molecule has 0 unspecified atom stereocenters. The normalized spacial score (nSPS) is 11.4. The molecule has 2 aromatic rings. The molecule has 6 nitrogen and oxygen atoms in total. The van der Waals surface area contributed by atoms with E-state index in [0.29, 0.717) is 24.5 Å². The molecule has 0 saturated carbocycles. The fraction of sp³-hybridized carbons (Fsp3) is 0.316. The van der Waals surface area contributed by atoms with Crippen LogP contribution in [0.3, 0.4) is 0 Å². The Morgan fingerprint density at radius 2 is 1.86 bits per heavy atom. The van der Waals surface area contributed by atoms with Gasteiger partial charge in [-0.2, -0.15) is 8.78 Å². The zero-order chi connectivity index (χ0) is 20.5. The van der Waals surface area contributed by atoms with E-state index in [-0.39, 0.29) is 23.8 Å². The van der Waals surface area contributed by atoms with E-state index in [2.05, 4.69) is 15.0 Å². The van der Waals surface area contributed by atoms with E-state index in [9.17, 15) is 13.2 Å². The van der Waals surface area contributed by atoms with E-state index < -0.39 is 12.4 Å². The van der Waals surface area contributed by atoms with Gasteiger partial charge in [-0.25, -0.2) is 9.38 Å². The standard InChI is InChI=1S/C19H22F3N3O3/c1-26-16-7-6-12(10-17(16)27-2)8-9-24-19(23)25-11-13-14(20)4-3-5-15(13)28-18(21)22/h3-7,10,18H,8-9,11H2,1-2H3,(H3,23,24,25). The summed E-state index contributed by atoms with van der Waals surface area (Å²) in [5.74, 6) is 0.350. The van der Waals surface area contributed by atoms with Crippen molar-refractivity contribution < 1.29 is 27.4 Å². The van der Waals surface area contributed by atoms with Crippen LogP contribution in [-0.4, -0.2) is 33.3 Å². The number of nitrogens with zero attached hydrogens (tertiary/aromatic N) is 1. The Kier molecular flexibility index (Phi) is 7.79. The Balaban J connectivity index is 1.94. The fourth-order valence-corrected chi connectivity index (χ4v) is 2.49. The average Bonchev–Trinajstić information content (AvgIpc) is 2.67. The van der Waals surface area contributed by atoms with Crippen LogP contribution in [0.1, 0.15) is 11.1 Å². The van der Waals surface area contributed by atoms with E-state index in [1.165, 1.54) is 12.1 Å². The number of nitrogens with two attached hydrogens (primary N) is 1. The second kappa shape index (κ2) is 10.3. The Labute approximate surface area is 161 Å². The van der Waals surface area contributed by atoms with E-state index in [1.807, 2.05) is 12.1 Å². The number of rotatable bonds is 9. The van der Waals surface area contributed by atoms with E-state index >= 15 is 0 Å². The molecular formula is C19H22F3N3O3. The van der Waals surface area contributed by atoms with Gasteiger partial charge in [0.05, 0.1) is 26.3 Å². The third-order valence-corrected chi connectivity index (χ3v) is 3.87. The molecule has 0 aliphatic carbocycles. The summed E-state index contributed by atoms with van der Waals surface area (Å²) in [5.41, 5.74) is 6.67. The van der Waals surface area contributed by atoms with Crippen LogP contribution >= 0.6 is 0 Å². The summed E-state index contributed by atoms with van der Waals surface area (Å²) >= 11 is 0. The van der Waals surface area contributed by atoms with Crippen LogP contribution in [0.5, 0.6) is 17.2 Å². The van der Waals surface area contributed by atoms with Crippen molar-refractivity contribution in [2.24, 2.45) is 10.7 Å². The summed E-state index contributed by atoms with van der Waals surface area (Å²) in [6, 6.07) is 9.22. The predicted octanol–water partition coefficient (Wildman–Crippen LogP) is 3.09. The van der Waals surface area contributed by atoms with Crippen molar-refractivity contribution in [3.63, 3.8) is 0 Å². The minimum Gasteiger partial charge on any atom is -0.493 e. The Bertz CT molecular complexity index is 816. The molecule has 0 heterocycles. The van der Waals surface area contributed by atoms with Crippen LogP contribution in [0.25, 0.3) is 0 Å². The molecule has 2 aromatic carbocycles. The van der Waals surface area contributed by atoms with Crippen LogP contribution in [0.4, 0.5) is 13.2 Å². The maximum atomic E-state index is 13.9. The van der Waals surface area contributed by atoms with Gasteiger partial charge in [-0.15, -0.1) is 0 Å². The van der Waals surface area contributed by atoms with Gasteiger partial charge in [0.2, 0.25) is 0 Å². The smallest absolute Gasteiger partial charge is 0.387 e. The average molecular weight is 397 g/mol. The van der Waals surface area contributed by atoms with Crippen molar-refractivity contribution in [2.75, 3.05) is 20.8 Å². The van der Waals surface area contributed by atoms with Gasteiger partial charge in [0.25, 0.3) is 0 Å². The van der Waals surface area contributed by atoms with Gasteiger partial charge in [-0.3, -0.25) is 0 Å². The van der Waals surface area contributed by atoms with E-state index in [4.69, 9.17) is 15.2 Å². The van der Waals surface area contributed by atoms with Gasteiger partial charge >= 0.3 is 6.61 Å². The first-order valence-corrected chi connectivity index (χ1v) is 8.41. The minimum atomic E-state index is -3.05. The monoisotopic (exact) mass is 397 g/mol. The molecule has 2 rings (SSSR count). The molecule has 0 fully saturated rings. The van der Waals surface area contributed by atoms with Gasteiger partial charge in [0, 0.05) is 6.54 Å². The number of aliphatic imine (C=N–C) groups is 1. The van der Waals surface area contributed by atoms with Crippen molar-refractivity contribution in [3.8, 4) is 17.2 Å². The maximum absolute atomic E-state index is 13.9.